The first-order chi connectivity index (χ1) is 16.0. The molecule has 1 aliphatic heterocycles. The molecule has 3 heterocycles. The Labute approximate surface area is 197 Å². The summed E-state index contributed by atoms with van der Waals surface area (Å²) in [7, 11) is 1.90. The van der Waals surface area contributed by atoms with Gasteiger partial charge in [-0.15, -0.1) is 0 Å². The van der Waals surface area contributed by atoms with E-state index in [1.54, 1.807) is 17.1 Å². The van der Waals surface area contributed by atoms with Gasteiger partial charge in [-0.25, -0.2) is 15.0 Å². The average Bonchev–Trinajstić information content (AvgIpc) is 3.20. The Morgan fingerprint density at radius 1 is 1.12 bits per heavy atom. The molecule has 2 aromatic carbocycles. The van der Waals surface area contributed by atoms with E-state index >= 15 is 0 Å². The molecule has 1 aliphatic rings. The molecule has 1 atom stereocenters. The van der Waals surface area contributed by atoms with Crippen LogP contribution in [0.3, 0.4) is 0 Å². The van der Waals surface area contributed by atoms with Gasteiger partial charge in [0.25, 0.3) is 0 Å². The minimum Gasteiger partial charge on any atom is -0.457 e. The zero-order valence-electron chi connectivity index (χ0n) is 18.4. The SMILES string of the molecule is Cc1ncc2c(n1)N(Cc1ncnn1C)CCC2Nc1cccc(Oc2cccc(Cl)c2)c1. The van der Waals surface area contributed by atoms with Gasteiger partial charge in [-0.05, 0) is 43.7 Å². The molecule has 0 aliphatic carbocycles. The highest BCUT2D eigenvalue weighted by atomic mass is 35.5. The van der Waals surface area contributed by atoms with Crippen molar-refractivity contribution < 1.29 is 4.74 Å². The molecular formula is C24H24ClN7O. The molecule has 33 heavy (non-hydrogen) atoms. The van der Waals surface area contributed by atoms with Gasteiger partial charge in [0.2, 0.25) is 0 Å². The Morgan fingerprint density at radius 3 is 2.73 bits per heavy atom. The summed E-state index contributed by atoms with van der Waals surface area (Å²) in [5.74, 6) is 4.01. The normalized spacial score (nSPS) is 15.2. The van der Waals surface area contributed by atoms with Crippen LogP contribution in [0.25, 0.3) is 0 Å². The first kappa shape index (κ1) is 21.2. The Bertz CT molecular complexity index is 1280. The van der Waals surface area contributed by atoms with E-state index < -0.39 is 0 Å². The second kappa shape index (κ2) is 9.07. The lowest BCUT2D eigenvalue weighted by molar-refractivity contribution is 0.483. The molecule has 0 bridgehead atoms. The van der Waals surface area contributed by atoms with Crippen LogP contribution < -0.4 is 15.0 Å². The van der Waals surface area contributed by atoms with Crippen LogP contribution in [0.1, 0.15) is 29.7 Å². The van der Waals surface area contributed by atoms with Gasteiger partial charge in [0.15, 0.2) is 0 Å². The van der Waals surface area contributed by atoms with Crippen molar-refractivity contribution in [3.63, 3.8) is 0 Å². The lowest BCUT2D eigenvalue weighted by Crippen LogP contribution is -2.35. The van der Waals surface area contributed by atoms with Crippen molar-refractivity contribution in [1.82, 2.24) is 24.7 Å². The third-order valence-corrected chi connectivity index (χ3v) is 5.86. The average molecular weight is 462 g/mol. The van der Waals surface area contributed by atoms with Gasteiger partial charge < -0.3 is 15.0 Å². The summed E-state index contributed by atoms with van der Waals surface area (Å²) >= 11 is 6.08. The monoisotopic (exact) mass is 461 g/mol. The summed E-state index contributed by atoms with van der Waals surface area (Å²) in [5, 5.41) is 8.46. The van der Waals surface area contributed by atoms with E-state index in [1.807, 2.05) is 62.6 Å². The second-order valence-electron chi connectivity index (χ2n) is 7.99. The number of aromatic nitrogens is 5. The first-order valence-corrected chi connectivity index (χ1v) is 11.1. The highest BCUT2D eigenvalue weighted by Crippen LogP contribution is 2.36. The lowest BCUT2D eigenvalue weighted by atomic mass is 10.0. The molecule has 0 saturated heterocycles. The van der Waals surface area contributed by atoms with Gasteiger partial charge in [0.1, 0.15) is 35.3 Å². The lowest BCUT2D eigenvalue weighted by Gasteiger charge is -2.35. The van der Waals surface area contributed by atoms with E-state index in [9.17, 15) is 0 Å². The number of nitrogens with one attached hydrogen (secondary N) is 1. The number of hydrogen-bond acceptors (Lipinski definition) is 7. The van der Waals surface area contributed by atoms with Crippen molar-refractivity contribution in [2.24, 2.45) is 7.05 Å². The van der Waals surface area contributed by atoms with Crippen LogP contribution in [0.2, 0.25) is 5.02 Å². The third-order valence-electron chi connectivity index (χ3n) is 5.62. The Hall–Kier alpha value is -3.65. The number of anilines is 2. The minimum absolute atomic E-state index is 0.0813. The van der Waals surface area contributed by atoms with E-state index in [0.29, 0.717) is 17.3 Å². The molecule has 4 aromatic rings. The van der Waals surface area contributed by atoms with Crippen LogP contribution >= 0.6 is 11.6 Å². The summed E-state index contributed by atoms with van der Waals surface area (Å²) in [6, 6.07) is 15.4. The predicted octanol–water partition coefficient (Wildman–Crippen LogP) is 4.92. The first-order valence-electron chi connectivity index (χ1n) is 10.8. The van der Waals surface area contributed by atoms with Crippen molar-refractivity contribution in [3.05, 3.63) is 83.3 Å². The molecule has 9 heteroatoms. The molecule has 2 aromatic heterocycles. The summed E-state index contributed by atoms with van der Waals surface area (Å²) in [4.78, 5) is 15.8. The van der Waals surface area contributed by atoms with Gasteiger partial charge >= 0.3 is 0 Å². The van der Waals surface area contributed by atoms with Crippen LogP contribution in [0.15, 0.2) is 61.1 Å². The number of aryl methyl sites for hydroxylation is 2. The number of fused-ring (bicyclic) bond motifs is 1. The Kier molecular flexibility index (Phi) is 5.83. The zero-order valence-corrected chi connectivity index (χ0v) is 19.2. The molecule has 0 radical (unpaired) electrons. The summed E-state index contributed by atoms with van der Waals surface area (Å²) < 4.78 is 7.78. The van der Waals surface area contributed by atoms with Crippen molar-refractivity contribution in [3.8, 4) is 11.5 Å². The van der Waals surface area contributed by atoms with Gasteiger partial charge in [-0.2, -0.15) is 5.10 Å². The van der Waals surface area contributed by atoms with Crippen molar-refractivity contribution in [1.29, 1.82) is 0 Å². The van der Waals surface area contributed by atoms with Crippen molar-refractivity contribution >= 4 is 23.1 Å². The van der Waals surface area contributed by atoms with E-state index in [0.717, 1.165) is 47.4 Å². The molecule has 8 nitrogen and oxygen atoms in total. The third kappa shape index (κ3) is 4.75. The van der Waals surface area contributed by atoms with Crippen LogP contribution in [0, 0.1) is 6.92 Å². The fourth-order valence-electron chi connectivity index (χ4n) is 3.97. The number of hydrogen-bond donors (Lipinski definition) is 1. The van der Waals surface area contributed by atoms with Crippen LogP contribution in [0.5, 0.6) is 11.5 Å². The Balaban J connectivity index is 1.36. The molecule has 1 unspecified atom stereocenters. The number of nitrogens with zero attached hydrogens (tertiary/aromatic N) is 6. The molecule has 5 rings (SSSR count). The van der Waals surface area contributed by atoms with Gasteiger partial charge in [0, 0.05) is 42.1 Å². The molecule has 1 N–H and O–H groups in total. The zero-order chi connectivity index (χ0) is 22.8. The summed E-state index contributed by atoms with van der Waals surface area (Å²) in [6.45, 7) is 3.40. The van der Waals surface area contributed by atoms with Crippen LogP contribution in [-0.4, -0.2) is 31.3 Å². The highest BCUT2D eigenvalue weighted by Gasteiger charge is 2.28. The van der Waals surface area contributed by atoms with E-state index in [1.165, 1.54) is 0 Å². The maximum atomic E-state index is 6.08. The second-order valence-corrected chi connectivity index (χ2v) is 8.43. The standard InChI is InChI=1S/C24H24ClN7O/c1-16-26-13-21-22(9-10-32(24(21)29-16)14-23-27-15-28-31(23)2)30-18-6-4-8-20(12-18)33-19-7-3-5-17(25)11-19/h3-8,11-13,15,22,30H,9-10,14H2,1-2H3. The number of halogens is 1. The topological polar surface area (TPSA) is 81.0 Å². The predicted molar refractivity (Wildman–Crippen MR) is 128 cm³/mol. The number of benzene rings is 2. The van der Waals surface area contributed by atoms with E-state index in [4.69, 9.17) is 21.3 Å². The van der Waals surface area contributed by atoms with E-state index in [-0.39, 0.29) is 6.04 Å². The fraction of sp³-hybridized carbons (Fsp3) is 0.250. The minimum atomic E-state index is 0.0813. The molecule has 0 amide bonds. The van der Waals surface area contributed by atoms with Crippen molar-refractivity contribution in [2.75, 3.05) is 16.8 Å². The molecular weight excluding hydrogens is 438 g/mol. The molecule has 0 spiro atoms. The quantitative estimate of drug-likeness (QED) is 0.436. The maximum Gasteiger partial charge on any atom is 0.146 e. The molecule has 168 valence electrons. The van der Waals surface area contributed by atoms with Gasteiger partial charge in [0.05, 0.1) is 12.6 Å². The molecule has 0 saturated carbocycles. The van der Waals surface area contributed by atoms with Gasteiger partial charge in [-0.1, -0.05) is 23.7 Å². The summed E-state index contributed by atoms with van der Waals surface area (Å²) in [5.41, 5.74) is 2.03. The summed E-state index contributed by atoms with van der Waals surface area (Å²) in [6.07, 6.45) is 4.40. The van der Waals surface area contributed by atoms with E-state index in [2.05, 4.69) is 25.3 Å². The fourth-order valence-corrected chi connectivity index (χ4v) is 4.15. The Morgan fingerprint density at radius 2 is 1.94 bits per heavy atom. The molecule has 0 fully saturated rings. The smallest absolute Gasteiger partial charge is 0.146 e. The van der Waals surface area contributed by atoms with Crippen LogP contribution in [0.4, 0.5) is 11.5 Å². The largest absolute Gasteiger partial charge is 0.457 e. The van der Waals surface area contributed by atoms with Crippen molar-refractivity contribution in [2.45, 2.75) is 25.9 Å². The highest BCUT2D eigenvalue weighted by molar-refractivity contribution is 6.30. The number of ether oxygens (including phenoxy) is 1. The maximum absolute atomic E-state index is 6.08. The van der Waals surface area contributed by atoms with Crippen LogP contribution in [-0.2, 0) is 13.6 Å². The number of rotatable bonds is 6. The van der Waals surface area contributed by atoms with Gasteiger partial charge in [-0.3, -0.25) is 4.68 Å².